The second kappa shape index (κ2) is 5.78. The standard InChI is InChI=1S/C17H10N4O2S/c22-14-7-13(16(23)12-8-18-9-20-15(12)14)21-11-3-1-10(2-4-11)17-19-5-6-24-17/h1-9,21H. The second-order valence-corrected chi connectivity index (χ2v) is 5.97. The first-order valence-corrected chi connectivity index (χ1v) is 7.98. The van der Waals surface area contributed by atoms with Crippen LogP contribution in [0.4, 0.5) is 5.69 Å². The van der Waals surface area contributed by atoms with Gasteiger partial charge in [0, 0.05) is 35.1 Å². The fourth-order valence-corrected chi connectivity index (χ4v) is 3.06. The van der Waals surface area contributed by atoms with Crippen LogP contribution in [-0.2, 0) is 0 Å². The number of carbonyl (C=O) groups excluding carboxylic acids is 2. The summed E-state index contributed by atoms with van der Waals surface area (Å²) in [5, 5.41) is 5.83. The van der Waals surface area contributed by atoms with Gasteiger partial charge in [-0.1, -0.05) is 0 Å². The molecule has 0 unspecified atom stereocenters. The zero-order valence-electron chi connectivity index (χ0n) is 12.3. The first-order chi connectivity index (χ1) is 11.7. The minimum Gasteiger partial charge on any atom is -0.352 e. The van der Waals surface area contributed by atoms with Crippen molar-refractivity contribution in [2.24, 2.45) is 0 Å². The predicted octanol–water partition coefficient (Wildman–Crippen LogP) is 2.98. The number of nitrogens with one attached hydrogen (secondary N) is 1. The van der Waals surface area contributed by atoms with E-state index in [2.05, 4.69) is 20.3 Å². The Morgan fingerprint density at radius 1 is 1.04 bits per heavy atom. The third-order valence-electron chi connectivity index (χ3n) is 3.55. The number of hydrogen-bond donors (Lipinski definition) is 1. The van der Waals surface area contributed by atoms with Crippen molar-refractivity contribution < 1.29 is 9.59 Å². The number of carbonyl (C=O) groups is 2. The van der Waals surface area contributed by atoms with E-state index in [-0.39, 0.29) is 28.5 Å². The van der Waals surface area contributed by atoms with Gasteiger partial charge < -0.3 is 5.32 Å². The average Bonchev–Trinajstić information content (AvgIpc) is 3.15. The van der Waals surface area contributed by atoms with Gasteiger partial charge in [0.25, 0.3) is 0 Å². The topological polar surface area (TPSA) is 84.8 Å². The van der Waals surface area contributed by atoms with Gasteiger partial charge in [0.15, 0.2) is 0 Å². The van der Waals surface area contributed by atoms with Crippen molar-refractivity contribution in [1.82, 2.24) is 15.0 Å². The largest absolute Gasteiger partial charge is 0.352 e. The van der Waals surface area contributed by atoms with E-state index in [9.17, 15) is 9.59 Å². The fourth-order valence-electron chi connectivity index (χ4n) is 2.41. The molecule has 7 heteroatoms. The van der Waals surface area contributed by atoms with Crippen molar-refractivity contribution >= 4 is 28.6 Å². The molecule has 1 aromatic carbocycles. The average molecular weight is 334 g/mol. The van der Waals surface area contributed by atoms with Crippen LogP contribution in [0.1, 0.15) is 20.8 Å². The molecule has 24 heavy (non-hydrogen) atoms. The number of hydrogen-bond acceptors (Lipinski definition) is 7. The molecule has 2 heterocycles. The number of ketones is 2. The monoisotopic (exact) mass is 334 g/mol. The molecule has 0 atom stereocenters. The Morgan fingerprint density at radius 3 is 2.62 bits per heavy atom. The molecule has 1 aliphatic carbocycles. The van der Waals surface area contributed by atoms with E-state index >= 15 is 0 Å². The van der Waals surface area contributed by atoms with Gasteiger partial charge in [-0.05, 0) is 24.3 Å². The molecule has 0 saturated carbocycles. The summed E-state index contributed by atoms with van der Waals surface area (Å²) in [7, 11) is 0. The number of fused-ring (bicyclic) bond motifs is 1. The molecule has 0 saturated heterocycles. The molecule has 1 N–H and O–H groups in total. The highest BCUT2D eigenvalue weighted by atomic mass is 32.1. The van der Waals surface area contributed by atoms with Crippen molar-refractivity contribution in [3.8, 4) is 10.6 Å². The van der Waals surface area contributed by atoms with Crippen LogP contribution in [-0.4, -0.2) is 26.5 Å². The zero-order chi connectivity index (χ0) is 16.5. The van der Waals surface area contributed by atoms with Gasteiger partial charge in [-0.2, -0.15) is 0 Å². The maximum absolute atomic E-state index is 12.4. The summed E-state index contributed by atoms with van der Waals surface area (Å²) in [5.41, 5.74) is 2.27. The lowest BCUT2D eigenvalue weighted by Crippen LogP contribution is -2.22. The summed E-state index contributed by atoms with van der Waals surface area (Å²) in [5.74, 6) is -0.608. The van der Waals surface area contributed by atoms with Crippen LogP contribution < -0.4 is 5.32 Å². The van der Waals surface area contributed by atoms with Gasteiger partial charge in [0.05, 0.1) is 11.3 Å². The van der Waals surface area contributed by atoms with E-state index < -0.39 is 0 Å². The molecule has 6 nitrogen and oxygen atoms in total. The van der Waals surface area contributed by atoms with Crippen molar-refractivity contribution in [3.63, 3.8) is 0 Å². The van der Waals surface area contributed by atoms with Crippen LogP contribution in [0.5, 0.6) is 0 Å². The molecule has 116 valence electrons. The van der Waals surface area contributed by atoms with E-state index in [0.717, 1.165) is 10.6 Å². The molecule has 1 aliphatic rings. The molecular weight excluding hydrogens is 324 g/mol. The minimum atomic E-state index is -0.311. The molecule has 0 radical (unpaired) electrons. The van der Waals surface area contributed by atoms with E-state index in [4.69, 9.17) is 0 Å². The third-order valence-corrected chi connectivity index (χ3v) is 4.38. The number of aromatic nitrogens is 3. The highest BCUT2D eigenvalue weighted by Crippen LogP contribution is 2.25. The second-order valence-electron chi connectivity index (χ2n) is 5.08. The number of rotatable bonds is 3. The fraction of sp³-hybridized carbons (Fsp3) is 0. The van der Waals surface area contributed by atoms with E-state index in [1.807, 2.05) is 29.6 Å². The highest BCUT2D eigenvalue weighted by molar-refractivity contribution is 7.13. The number of anilines is 1. The highest BCUT2D eigenvalue weighted by Gasteiger charge is 2.27. The van der Waals surface area contributed by atoms with E-state index in [1.165, 1.54) is 18.6 Å². The summed E-state index contributed by atoms with van der Waals surface area (Å²) in [4.78, 5) is 36.5. The Balaban J connectivity index is 1.60. The van der Waals surface area contributed by atoms with Gasteiger partial charge in [-0.3, -0.25) is 9.59 Å². The summed E-state index contributed by atoms with van der Waals surface area (Å²) in [6, 6.07) is 7.50. The van der Waals surface area contributed by atoms with Crippen LogP contribution in [0.15, 0.2) is 60.1 Å². The molecule has 0 amide bonds. The number of Topliss-reactive ketones (excluding diaryl/α,β-unsaturated/α-hetero) is 1. The van der Waals surface area contributed by atoms with Crippen LogP contribution in [0, 0.1) is 0 Å². The van der Waals surface area contributed by atoms with Gasteiger partial charge in [-0.15, -0.1) is 11.3 Å². The summed E-state index contributed by atoms with van der Waals surface area (Å²) in [6.07, 6.45) is 5.64. The van der Waals surface area contributed by atoms with Gasteiger partial charge in [-0.25, -0.2) is 15.0 Å². The molecular formula is C17H10N4O2S. The first kappa shape index (κ1) is 14.4. The lowest BCUT2D eigenvalue weighted by atomic mass is 9.98. The van der Waals surface area contributed by atoms with E-state index in [1.54, 1.807) is 17.5 Å². The van der Waals surface area contributed by atoms with Crippen molar-refractivity contribution in [3.05, 3.63) is 71.4 Å². The zero-order valence-corrected chi connectivity index (χ0v) is 13.1. The van der Waals surface area contributed by atoms with Gasteiger partial charge in [0.1, 0.15) is 17.0 Å². The molecule has 0 fully saturated rings. The quantitative estimate of drug-likeness (QED) is 0.792. The molecule has 4 rings (SSSR count). The third kappa shape index (κ3) is 2.50. The summed E-state index contributed by atoms with van der Waals surface area (Å²) >= 11 is 1.55. The Labute approximate surface area is 140 Å². The first-order valence-electron chi connectivity index (χ1n) is 7.10. The predicted molar refractivity (Wildman–Crippen MR) is 89.9 cm³/mol. The Hall–Kier alpha value is -3.19. The Kier molecular flexibility index (Phi) is 3.47. The number of allylic oxidation sites excluding steroid dienone is 2. The van der Waals surface area contributed by atoms with Crippen LogP contribution in [0.2, 0.25) is 0 Å². The van der Waals surface area contributed by atoms with Crippen molar-refractivity contribution in [1.29, 1.82) is 0 Å². The van der Waals surface area contributed by atoms with Crippen molar-refractivity contribution in [2.45, 2.75) is 0 Å². The number of benzene rings is 1. The summed E-state index contributed by atoms with van der Waals surface area (Å²) in [6.45, 7) is 0. The number of thiazole rings is 1. The van der Waals surface area contributed by atoms with Gasteiger partial charge >= 0.3 is 0 Å². The number of nitrogens with zero attached hydrogens (tertiary/aromatic N) is 3. The molecule has 3 aromatic rings. The van der Waals surface area contributed by atoms with Crippen LogP contribution >= 0.6 is 11.3 Å². The Morgan fingerprint density at radius 2 is 1.88 bits per heavy atom. The lowest BCUT2D eigenvalue weighted by molar-refractivity contribution is 0.0981. The smallest absolute Gasteiger partial charge is 0.213 e. The molecule has 2 aromatic heterocycles. The molecule has 0 spiro atoms. The Bertz CT molecular complexity index is 963. The van der Waals surface area contributed by atoms with E-state index in [0.29, 0.717) is 5.69 Å². The SMILES string of the molecule is O=C1C(Nc2ccc(-c3nccs3)cc2)=CC(=O)c2ncncc21. The van der Waals surface area contributed by atoms with Crippen LogP contribution in [0.25, 0.3) is 10.6 Å². The molecule has 0 aliphatic heterocycles. The molecule has 0 bridgehead atoms. The van der Waals surface area contributed by atoms with Crippen molar-refractivity contribution in [2.75, 3.05) is 5.32 Å². The summed E-state index contributed by atoms with van der Waals surface area (Å²) < 4.78 is 0. The van der Waals surface area contributed by atoms with Gasteiger partial charge in [0.2, 0.25) is 11.6 Å². The van der Waals surface area contributed by atoms with Crippen LogP contribution in [0.3, 0.4) is 0 Å². The lowest BCUT2D eigenvalue weighted by Gasteiger charge is -2.15. The minimum absolute atomic E-state index is 0.139. The normalized spacial score (nSPS) is 13.4. The maximum Gasteiger partial charge on any atom is 0.213 e. The maximum atomic E-state index is 12.4.